The second kappa shape index (κ2) is 15.1. The molecule has 0 saturated heterocycles. The van der Waals surface area contributed by atoms with Gasteiger partial charge in [0.2, 0.25) is 0 Å². The molecule has 0 amide bonds. The normalized spacial score (nSPS) is 27.2. The van der Waals surface area contributed by atoms with Crippen LogP contribution in [0.4, 0.5) is 0 Å². The zero-order valence-corrected chi connectivity index (χ0v) is 23.1. The average Bonchev–Trinajstić information content (AvgIpc) is 2.87. The Balaban J connectivity index is 1.27. The number of aliphatic hydroxyl groups is 1. The summed E-state index contributed by atoms with van der Waals surface area (Å²) in [5, 5.41) is 9.83. The smallest absolute Gasteiger partial charge is 0.310 e. The minimum Gasteiger partial charge on any atom is -0.463 e. The largest absolute Gasteiger partial charge is 0.463 e. The summed E-state index contributed by atoms with van der Waals surface area (Å²) in [7, 11) is 0. The zero-order chi connectivity index (χ0) is 25.9. The Morgan fingerprint density at radius 3 is 2.22 bits per heavy atom. The Kier molecular flexibility index (Phi) is 12.2. The van der Waals surface area contributed by atoms with Crippen LogP contribution in [0.5, 0.6) is 0 Å². The summed E-state index contributed by atoms with van der Waals surface area (Å²) in [5.41, 5.74) is 2.15. The van der Waals surface area contributed by atoms with Crippen LogP contribution < -0.4 is 0 Å². The van der Waals surface area contributed by atoms with E-state index in [1.54, 1.807) is 0 Å². The second-order valence-corrected chi connectivity index (χ2v) is 11.4. The lowest BCUT2D eigenvalue weighted by atomic mass is 9.70. The summed E-state index contributed by atoms with van der Waals surface area (Å²) in [5.74, 6) is 2.93. The molecule has 2 saturated carbocycles. The van der Waals surface area contributed by atoms with Gasteiger partial charge in [0.1, 0.15) is 6.61 Å². The molecule has 3 rings (SSSR count). The number of hydrogen-bond acceptors (Lipinski definition) is 5. The minimum absolute atomic E-state index is 0.0591. The molecule has 0 bridgehead atoms. The molecule has 1 aromatic rings. The van der Waals surface area contributed by atoms with Crippen LogP contribution in [0.15, 0.2) is 24.3 Å². The number of hydrogen-bond donors (Lipinski definition) is 1. The van der Waals surface area contributed by atoms with Crippen molar-refractivity contribution in [3.8, 4) is 0 Å². The molecule has 3 atom stereocenters. The van der Waals surface area contributed by atoms with Crippen LogP contribution in [0.2, 0.25) is 0 Å². The first-order chi connectivity index (χ1) is 17.3. The molecule has 1 N–H and O–H groups in total. The highest BCUT2D eigenvalue weighted by molar-refractivity contribution is 5.72. The summed E-state index contributed by atoms with van der Waals surface area (Å²) in [6.45, 7) is 9.37. The van der Waals surface area contributed by atoms with E-state index >= 15 is 0 Å². The van der Waals surface area contributed by atoms with Crippen molar-refractivity contribution < 1.29 is 24.1 Å². The number of carbonyl (C=O) groups excluding carboxylic acids is 1. The first kappa shape index (κ1) is 29.1. The lowest BCUT2D eigenvalue weighted by Gasteiger charge is -2.37. The van der Waals surface area contributed by atoms with Crippen molar-refractivity contribution in [2.24, 2.45) is 23.7 Å². The van der Waals surface area contributed by atoms with Crippen molar-refractivity contribution in [3.63, 3.8) is 0 Å². The number of ether oxygens (including phenoxy) is 3. The first-order valence-corrected chi connectivity index (χ1v) is 14.5. The number of aliphatic hydroxyl groups excluding tert-OH is 1. The fourth-order valence-corrected chi connectivity index (χ4v) is 6.33. The third-order valence-electron chi connectivity index (χ3n) is 8.68. The highest BCUT2D eigenvalue weighted by Crippen LogP contribution is 2.40. The fourth-order valence-electron chi connectivity index (χ4n) is 6.33. The summed E-state index contributed by atoms with van der Waals surface area (Å²) < 4.78 is 17.3. The van der Waals surface area contributed by atoms with Gasteiger partial charge in [-0.25, -0.2) is 0 Å². The standard InChI is InChI=1S/C31H50O5/c1-5-26(20-23(3)27-10-14-29(32)15-11-27)28-12-16-30(17-13-28)36-24(4)34-18-19-35-31(33)21-25-8-6-22(2)7-9-25/h6-9,23-24,26-30,32H,5,10-21H2,1-4H3. The number of rotatable bonds is 13. The maximum absolute atomic E-state index is 12.0. The second-order valence-electron chi connectivity index (χ2n) is 11.4. The van der Waals surface area contributed by atoms with Gasteiger partial charge in [0.05, 0.1) is 25.2 Å². The Morgan fingerprint density at radius 2 is 1.58 bits per heavy atom. The van der Waals surface area contributed by atoms with Crippen LogP contribution in [-0.4, -0.2) is 42.8 Å². The molecule has 1 aromatic carbocycles. The molecule has 0 aromatic heterocycles. The average molecular weight is 503 g/mol. The molecule has 0 aliphatic heterocycles. The molecule has 0 spiro atoms. The Labute approximate surface area is 219 Å². The van der Waals surface area contributed by atoms with E-state index in [0.29, 0.717) is 6.61 Å². The molecule has 2 fully saturated rings. The first-order valence-electron chi connectivity index (χ1n) is 14.5. The Bertz CT molecular complexity index is 747. The van der Waals surface area contributed by atoms with E-state index in [2.05, 4.69) is 13.8 Å². The van der Waals surface area contributed by atoms with Crippen molar-refractivity contribution in [2.45, 2.75) is 117 Å². The van der Waals surface area contributed by atoms with Crippen LogP contribution in [0, 0.1) is 30.6 Å². The quantitative estimate of drug-likeness (QED) is 0.186. The van der Waals surface area contributed by atoms with Crippen molar-refractivity contribution in [3.05, 3.63) is 35.4 Å². The number of esters is 1. The van der Waals surface area contributed by atoms with Gasteiger partial charge in [0, 0.05) is 0 Å². The summed E-state index contributed by atoms with van der Waals surface area (Å²) in [6.07, 6.45) is 11.9. The van der Waals surface area contributed by atoms with Crippen LogP contribution >= 0.6 is 0 Å². The van der Waals surface area contributed by atoms with Gasteiger partial charge in [-0.2, -0.15) is 0 Å². The third-order valence-corrected chi connectivity index (χ3v) is 8.68. The highest BCUT2D eigenvalue weighted by atomic mass is 16.7. The van der Waals surface area contributed by atoms with E-state index in [-0.39, 0.29) is 37.5 Å². The molecule has 2 aliphatic carbocycles. The lowest BCUT2D eigenvalue weighted by molar-refractivity contribution is -0.178. The van der Waals surface area contributed by atoms with E-state index in [1.165, 1.54) is 44.1 Å². The molecular weight excluding hydrogens is 452 g/mol. The molecule has 5 heteroatoms. The van der Waals surface area contributed by atoms with Gasteiger partial charge in [-0.1, -0.05) is 50.1 Å². The zero-order valence-electron chi connectivity index (χ0n) is 23.1. The molecular formula is C31H50O5. The van der Waals surface area contributed by atoms with E-state index in [0.717, 1.165) is 54.9 Å². The van der Waals surface area contributed by atoms with Gasteiger partial charge >= 0.3 is 5.97 Å². The van der Waals surface area contributed by atoms with E-state index in [1.807, 2.05) is 38.1 Å². The van der Waals surface area contributed by atoms with E-state index in [4.69, 9.17) is 14.2 Å². The van der Waals surface area contributed by atoms with Gasteiger partial charge in [-0.3, -0.25) is 4.79 Å². The number of carbonyl (C=O) groups is 1. The van der Waals surface area contributed by atoms with Crippen LogP contribution in [0.1, 0.15) is 96.1 Å². The monoisotopic (exact) mass is 502 g/mol. The maximum Gasteiger partial charge on any atom is 0.310 e. The number of benzene rings is 1. The van der Waals surface area contributed by atoms with Crippen LogP contribution in [-0.2, 0) is 25.4 Å². The molecule has 2 aliphatic rings. The predicted octanol–water partition coefficient (Wildman–Crippen LogP) is 6.62. The number of aryl methyl sites for hydroxylation is 1. The lowest BCUT2D eigenvalue weighted by Crippen LogP contribution is -2.31. The van der Waals surface area contributed by atoms with E-state index in [9.17, 15) is 9.90 Å². The minimum atomic E-state index is -0.286. The van der Waals surface area contributed by atoms with Crippen molar-refractivity contribution in [1.29, 1.82) is 0 Å². The van der Waals surface area contributed by atoms with Crippen molar-refractivity contribution >= 4 is 5.97 Å². The highest BCUT2D eigenvalue weighted by Gasteiger charge is 2.31. The molecule has 204 valence electrons. The van der Waals surface area contributed by atoms with Gasteiger partial charge in [0.15, 0.2) is 6.29 Å². The fraction of sp³-hybridized carbons (Fsp3) is 0.774. The molecule has 36 heavy (non-hydrogen) atoms. The van der Waals surface area contributed by atoms with Gasteiger partial charge < -0.3 is 19.3 Å². The van der Waals surface area contributed by atoms with Gasteiger partial charge in [0.25, 0.3) is 0 Å². The van der Waals surface area contributed by atoms with Crippen LogP contribution in [0.25, 0.3) is 0 Å². The third kappa shape index (κ3) is 9.79. The van der Waals surface area contributed by atoms with E-state index < -0.39 is 0 Å². The maximum atomic E-state index is 12.0. The molecule has 0 radical (unpaired) electrons. The van der Waals surface area contributed by atoms with Crippen molar-refractivity contribution in [1.82, 2.24) is 0 Å². The SMILES string of the molecule is CCC(CC(C)C1CCC(O)CC1)C1CCC(OC(C)OCCOC(=O)Cc2ccc(C)cc2)CC1. The Hall–Kier alpha value is -1.43. The topological polar surface area (TPSA) is 65.0 Å². The molecule has 3 unspecified atom stereocenters. The summed E-state index contributed by atoms with van der Waals surface area (Å²) >= 11 is 0. The summed E-state index contributed by atoms with van der Waals surface area (Å²) in [4.78, 5) is 12.0. The summed E-state index contributed by atoms with van der Waals surface area (Å²) in [6, 6.07) is 7.93. The Morgan fingerprint density at radius 1 is 0.944 bits per heavy atom. The molecule has 5 nitrogen and oxygen atoms in total. The van der Waals surface area contributed by atoms with Gasteiger partial charge in [-0.15, -0.1) is 0 Å². The predicted molar refractivity (Wildman–Crippen MR) is 144 cm³/mol. The molecule has 0 heterocycles. The van der Waals surface area contributed by atoms with Gasteiger partial charge in [-0.05, 0) is 101 Å². The van der Waals surface area contributed by atoms with Crippen LogP contribution in [0.3, 0.4) is 0 Å². The van der Waals surface area contributed by atoms with Crippen molar-refractivity contribution in [2.75, 3.05) is 13.2 Å².